The van der Waals surface area contributed by atoms with Crippen molar-refractivity contribution in [3.05, 3.63) is 23.8 Å². The van der Waals surface area contributed by atoms with Crippen LogP contribution < -0.4 is 0 Å². The zero-order valence-electron chi connectivity index (χ0n) is 21.4. The van der Waals surface area contributed by atoms with E-state index in [1.165, 1.54) is 0 Å². The van der Waals surface area contributed by atoms with E-state index in [9.17, 15) is 45.0 Å². The molecule has 0 aromatic heterocycles. The summed E-state index contributed by atoms with van der Waals surface area (Å²) in [6.45, 7) is 3.12. The maximum atomic E-state index is 13.5. The van der Waals surface area contributed by atoms with Crippen molar-refractivity contribution < 1.29 is 54.5 Å². The van der Waals surface area contributed by atoms with Crippen LogP contribution in [0.3, 0.4) is 0 Å². The van der Waals surface area contributed by atoms with Crippen LogP contribution in [-0.2, 0) is 23.9 Å². The van der Waals surface area contributed by atoms with Crippen molar-refractivity contribution in [2.75, 3.05) is 6.61 Å². The number of fused-ring (bicyclic) bond motifs is 5. The zero-order valence-corrected chi connectivity index (χ0v) is 21.4. The molecule has 1 aliphatic heterocycles. The van der Waals surface area contributed by atoms with Crippen LogP contribution in [0.4, 0.5) is 0 Å². The maximum Gasteiger partial charge on any atom is 0.335 e. The lowest BCUT2D eigenvalue weighted by Gasteiger charge is -2.59. The molecular weight excluding hydrogens is 500 g/mol. The SMILES string of the molecule is C[C@]12C=CC(=O)C=C1CCC1C2[C@@H](O)C[C@@]2(C)C1CC[C@]2(O)C(=O)COC1O[C@H](C(=O)O)[C@@H](O)[C@H](O)[C@H]1O. The second kappa shape index (κ2) is 9.29. The Hall–Kier alpha value is -1.99. The van der Waals surface area contributed by atoms with Crippen LogP contribution in [0, 0.1) is 28.6 Å². The van der Waals surface area contributed by atoms with E-state index in [0.717, 1.165) is 12.0 Å². The molecule has 3 saturated carbocycles. The number of ether oxygens (including phenoxy) is 2. The quantitative estimate of drug-likeness (QED) is 0.265. The van der Waals surface area contributed by atoms with Gasteiger partial charge in [0, 0.05) is 16.7 Å². The molecule has 4 fully saturated rings. The molecule has 11 nitrogen and oxygen atoms in total. The Morgan fingerprint density at radius 2 is 1.82 bits per heavy atom. The lowest BCUT2D eigenvalue weighted by atomic mass is 9.46. The van der Waals surface area contributed by atoms with E-state index in [1.807, 2.05) is 19.9 Å². The van der Waals surface area contributed by atoms with E-state index in [0.29, 0.717) is 12.8 Å². The van der Waals surface area contributed by atoms with Crippen LogP contribution >= 0.6 is 0 Å². The van der Waals surface area contributed by atoms with Gasteiger partial charge < -0.3 is 40.1 Å². The van der Waals surface area contributed by atoms with Crippen LogP contribution in [0.25, 0.3) is 0 Å². The average Bonchev–Trinajstić information content (AvgIpc) is 3.13. The summed E-state index contributed by atoms with van der Waals surface area (Å²) < 4.78 is 10.4. The molecule has 0 aromatic carbocycles. The van der Waals surface area contributed by atoms with E-state index in [2.05, 4.69) is 0 Å². The van der Waals surface area contributed by atoms with Gasteiger partial charge in [-0.05, 0) is 56.1 Å². The largest absolute Gasteiger partial charge is 0.479 e. The van der Waals surface area contributed by atoms with Crippen LogP contribution in [0.2, 0.25) is 0 Å². The fourth-order valence-corrected chi connectivity index (χ4v) is 8.26. The summed E-state index contributed by atoms with van der Waals surface area (Å²) in [5, 5.41) is 62.5. The highest BCUT2D eigenvalue weighted by Crippen LogP contribution is 2.67. The van der Waals surface area contributed by atoms with Crippen molar-refractivity contribution in [1.82, 2.24) is 0 Å². The molecule has 1 saturated heterocycles. The Labute approximate surface area is 219 Å². The first-order valence-electron chi connectivity index (χ1n) is 13.2. The third kappa shape index (κ3) is 3.86. The van der Waals surface area contributed by atoms with E-state index in [-0.39, 0.29) is 36.4 Å². The Balaban J connectivity index is 1.34. The van der Waals surface area contributed by atoms with Gasteiger partial charge >= 0.3 is 5.97 Å². The van der Waals surface area contributed by atoms with Gasteiger partial charge in [-0.15, -0.1) is 0 Å². The fraction of sp³-hybridized carbons (Fsp3) is 0.741. The zero-order chi connectivity index (χ0) is 27.8. The molecule has 0 amide bonds. The minimum atomic E-state index is -1.89. The monoisotopic (exact) mass is 536 g/mol. The van der Waals surface area contributed by atoms with E-state index in [4.69, 9.17) is 9.47 Å². The molecule has 6 N–H and O–H groups in total. The van der Waals surface area contributed by atoms with Gasteiger partial charge in [0.05, 0.1) is 6.10 Å². The number of aliphatic carboxylic acids is 1. The molecule has 0 radical (unpaired) electrons. The number of hydrogen-bond donors (Lipinski definition) is 6. The summed E-state index contributed by atoms with van der Waals surface area (Å²) in [5.41, 5.74) is -2.29. The number of rotatable bonds is 5. The van der Waals surface area contributed by atoms with Crippen molar-refractivity contribution in [2.45, 2.75) is 88.4 Å². The topological polar surface area (TPSA) is 191 Å². The van der Waals surface area contributed by atoms with Crippen LogP contribution in [0.5, 0.6) is 0 Å². The van der Waals surface area contributed by atoms with Gasteiger partial charge in [-0.3, -0.25) is 9.59 Å². The van der Waals surface area contributed by atoms with E-state index in [1.54, 1.807) is 12.2 Å². The summed E-state index contributed by atoms with van der Waals surface area (Å²) in [5.74, 6) is -2.54. The molecule has 1 heterocycles. The molecule has 210 valence electrons. The van der Waals surface area contributed by atoms with E-state index < -0.39 is 71.6 Å². The van der Waals surface area contributed by atoms with Gasteiger partial charge in [-0.1, -0.05) is 25.5 Å². The fourth-order valence-electron chi connectivity index (χ4n) is 8.26. The Morgan fingerprint density at radius 1 is 1.11 bits per heavy atom. The third-order valence-corrected chi connectivity index (χ3v) is 10.3. The first-order valence-corrected chi connectivity index (χ1v) is 13.2. The van der Waals surface area contributed by atoms with E-state index >= 15 is 0 Å². The highest BCUT2D eigenvalue weighted by molar-refractivity contribution is 6.01. The van der Waals surface area contributed by atoms with Crippen LogP contribution in [0.15, 0.2) is 23.8 Å². The smallest absolute Gasteiger partial charge is 0.335 e. The molecule has 0 bridgehead atoms. The predicted molar refractivity (Wildman–Crippen MR) is 128 cm³/mol. The molecule has 12 atom stereocenters. The maximum absolute atomic E-state index is 13.5. The number of carboxylic acids is 1. The number of carbonyl (C=O) groups is 3. The standard InChI is InChI=1S/C27H36O11/c1-25-7-5-13(28)9-12(25)3-4-14-15-6-8-27(36,26(15,2)10-16(29)18(14)25)17(30)11-37-24-21(33)19(31)20(32)22(38-24)23(34)35/h5,7,9,14-16,18-22,24,29,31-33,36H,3-4,6,8,10-11H2,1-2H3,(H,34,35)/t14?,15?,16-,18?,19-,20-,21+,22-,24?,25-,26-,27-/m0/s1. The summed E-state index contributed by atoms with van der Waals surface area (Å²) in [6.07, 6.45) is -2.60. The molecule has 0 aromatic rings. The Morgan fingerprint density at radius 3 is 2.50 bits per heavy atom. The summed E-state index contributed by atoms with van der Waals surface area (Å²) >= 11 is 0. The predicted octanol–water partition coefficient (Wildman–Crippen LogP) is -0.526. The Bertz CT molecular complexity index is 1080. The number of aliphatic hydroxyl groups excluding tert-OH is 4. The lowest BCUT2D eigenvalue weighted by Crippen LogP contribution is -2.62. The molecule has 5 aliphatic rings. The number of ketones is 2. The van der Waals surface area contributed by atoms with Crippen LogP contribution in [-0.4, -0.2) is 97.2 Å². The molecule has 5 rings (SSSR count). The molecule has 0 spiro atoms. The second-order valence-electron chi connectivity index (χ2n) is 12.1. The van der Waals surface area contributed by atoms with Gasteiger partial charge in [0.2, 0.25) is 0 Å². The molecular formula is C27H36O11. The van der Waals surface area contributed by atoms with Gasteiger partial charge in [-0.2, -0.15) is 0 Å². The van der Waals surface area contributed by atoms with Crippen molar-refractivity contribution in [3.63, 3.8) is 0 Å². The van der Waals surface area contributed by atoms with Crippen molar-refractivity contribution >= 4 is 17.5 Å². The van der Waals surface area contributed by atoms with Crippen molar-refractivity contribution in [3.8, 4) is 0 Å². The first kappa shape index (κ1) is 27.6. The number of carbonyl (C=O) groups excluding carboxylic acids is 2. The Kier molecular flexibility index (Phi) is 6.74. The van der Waals surface area contributed by atoms with Gasteiger partial charge in [0.15, 0.2) is 24.0 Å². The number of hydrogen-bond acceptors (Lipinski definition) is 10. The number of allylic oxidation sites excluding steroid dienone is 4. The highest BCUT2D eigenvalue weighted by atomic mass is 16.7. The highest BCUT2D eigenvalue weighted by Gasteiger charge is 2.68. The number of aliphatic hydroxyl groups is 5. The summed E-state index contributed by atoms with van der Waals surface area (Å²) in [7, 11) is 0. The summed E-state index contributed by atoms with van der Waals surface area (Å²) in [4.78, 5) is 36.8. The molecule has 38 heavy (non-hydrogen) atoms. The second-order valence-corrected chi connectivity index (χ2v) is 12.1. The van der Waals surface area contributed by atoms with Crippen molar-refractivity contribution in [1.29, 1.82) is 0 Å². The molecule has 4 unspecified atom stereocenters. The third-order valence-electron chi connectivity index (χ3n) is 10.3. The van der Waals surface area contributed by atoms with Gasteiger partial charge in [0.1, 0.15) is 30.5 Å². The summed E-state index contributed by atoms with van der Waals surface area (Å²) in [6, 6.07) is 0. The van der Waals surface area contributed by atoms with Gasteiger partial charge in [0.25, 0.3) is 0 Å². The average molecular weight is 537 g/mol. The van der Waals surface area contributed by atoms with Gasteiger partial charge in [-0.25, -0.2) is 4.79 Å². The molecule has 11 heteroatoms. The minimum absolute atomic E-state index is 0.0166. The number of carboxylic acid groups (broad SMARTS) is 1. The minimum Gasteiger partial charge on any atom is -0.479 e. The number of Topliss-reactive ketones (excluding diaryl/α,β-unsaturated/α-hetero) is 1. The first-order chi connectivity index (χ1) is 17.7. The molecule has 4 aliphatic carbocycles. The lowest BCUT2D eigenvalue weighted by molar-refractivity contribution is -0.293. The van der Waals surface area contributed by atoms with Crippen LogP contribution in [0.1, 0.15) is 46.0 Å². The normalized spacial score (nSPS) is 50.0. The van der Waals surface area contributed by atoms with Crippen molar-refractivity contribution in [2.24, 2.45) is 28.6 Å².